The van der Waals surface area contributed by atoms with Crippen LogP contribution >= 0.6 is 23.4 Å². The van der Waals surface area contributed by atoms with Gasteiger partial charge in [-0.2, -0.15) is 10.2 Å². The molecule has 2 heterocycles. The van der Waals surface area contributed by atoms with E-state index in [1.165, 1.54) is 0 Å². The van der Waals surface area contributed by atoms with E-state index in [1.54, 1.807) is 11.8 Å². The van der Waals surface area contributed by atoms with Crippen LogP contribution in [-0.2, 0) is 7.05 Å². The summed E-state index contributed by atoms with van der Waals surface area (Å²) in [5, 5.41) is 17.5. The lowest BCUT2D eigenvalue weighted by Gasteiger charge is -2.05. The summed E-state index contributed by atoms with van der Waals surface area (Å²) in [6.07, 6.45) is 3.58. The summed E-state index contributed by atoms with van der Waals surface area (Å²) in [6, 6.07) is 8.20. The van der Waals surface area contributed by atoms with Gasteiger partial charge in [0.1, 0.15) is 0 Å². The molecule has 0 atom stereocenters. The highest BCUT2D eigenvalue weighted by molar-refractivity contribution is 7.99. The van der Waals surface area contributed by atoms with Crippen LogP contribution in [0.1, 0.15) is 18.4 Å². The predicted molar refractivity (Wildman–Crippen MR) is 92.1 cm³/mol. The van der Waals surface area contributed by atoms with Gasteiger partial charge in [-0.25, -0.2) is 0 Å². The molecule has 7 heteroatoms. The molecule has 2 aromatic rings. The van der Waals surface area contributed by atoms with Gasteiger partial charge in [0.05, 0.1) is 5.71 Å². The van der Waals surface area contributed by atoms with Crippen LogP contribution in [0.4, 0.5) is 0 Å². The van der Waals surface area contributed by atoms with E-state index < -0.39 is 0 Å². The predicted octanol–water partition coefficient (Wildman–Crippen LogP) is 3.38. The zero-order valence-corrected chi connectivity index (χ0v) is 13.8. The number of benzene rings is 1. The molecule has 0 unspecified atom stereocenters. The first-order chi connectivity index (χ1) is 10.8. The van der Waals surface area contributed by atoms with Crippen LogP contribution in [0.5, 0.6) is 0 Å². The van der Waals surface area contributed by atoms with Crippen LogP contribution in [-0.4, -0.2) is 38.3 Å². The van der Waals surface area contributed by atoms with Crippen molar-refractivity contribution >= 4 is 35.3 Å². The van der Waals surface area contributed by atoms with Crippen molar-refractivity contribution in [2.45, 2.75) is 18.0 Å². The molecule has 0 fully saturated rings. The fourth-order valence-electron chi connectivity index (χ4n) is 2.18. The van der Waals surface area contributed by atoms with Crippen molar-refractivity contribution in [3.05, 3.63) is 29.8 Å². The molecule has 0 spiro atoms. The number of thioether (sulfide) groups is 1. The molecule has 1 aromatic heterocycles. The van der Waals surface area contributed by atoms with Crippen molar-refractivity contribution in [3.8, 4) is 11.4 Å². The molecule has 0 saturated heterocycles. The molecule has 0 radical (unpaired) electrons. The van der Waals surface area contributed by atoms with Crippen molar-refractivity contribution in [2.24, 2.45) is 17.3 Å². The summed E-state index contributed by atoms with van der Waals surface area (Å²) in [6.45, 7) is 0. The topological polar surface area (TPSA) is 55.4 Å². The van der Waals surface area contributed by atoms with Crippen molar-refractivity contribution in [2.75, 3.05) is 11.6 Å². The molecule has 5 nitrogen and oxygen atoms in total. The Morgan fingerprint density at radius 2 is 1.95 bits per heavy atom. The van der Waals surface area contributed by atoms with Crippen LogP contribution in [0, 0.1) is 0 Å². The van der Waals surface area contributed by atoms with Crippen LogP contribution in [0.25, 0.3) is 11.4 Å². The molecule has 0 bridgehead atoms. The first-order valence-corrected chi connectivity index (χ1v) is 8.59. The van der Waals surface area contributed by atoms with Gasteiger partial charge in [-0.1, -0.05) is 36.0 Å². The minimum Gasteiger partial charge on any atom is -0.305 e. The summed E-state index contributed by atoms with van der Waals surface area (Å²) in [4.78, 5) is 0. The number of hydrogen-bond donors (Lipinski definition) is 0. The number of halogens is 1. The van der Waals surface area contributed by atoms with Gasteiger partial charge in [0.15, 0.2) is 11.0 Å². The van der Waals surface area contributed by atoms with Crippen LogP contribution in [0.15, 0.2) is 39.6 Å². The van der Waals surface area contributed by atoms with E-state index in [4.69, 9.17) is 11.6 Å². The first-order valence-electron chi connectivity index (χ1n) is 7.07. The fraction of sp³-hybridized carbons (Fsp3) is 0.333. The summed E-state index contributed by atoms with van der Waals surface area (Å²) in [5.74, 6) is 2.49. The molecule has 0 aliphatic carbocycles. The highest BCUT2D eigenvalue weighted by Crippen LogP contribution is 2.24. The maximum absolute atomic E-state index is 5.70. The van der Waals surface area contributed by atoms with Crippen molar-refractivity contribution in [1.29, 1.82) is 0 Å². The van der Waals surface area contributed by atoms with E-state index >= 15 is 0 Å². The number of alkyl halides is 1. The second kappa shape index (κ2) is 7.07. The first kappa shape index (κ1) is 15.2. The van der Waals surface area contributed by atoms with Crippen LogP contribution < -0.4 is 0 Å². The number of aromatic nitrogens is 3. The van der Waals surface area contributed by atoms with Crippen LogP contribution in [0.3, 0.4) is 0 Å². The van der Waals surface area contributed by atoms with Crippen molar-refractivity contribution in [3.63, 3.8) is 0 Å². The highest BCUT2D eigenvalue weighted by Gasteiger charge is 2.12. The minimum absolute atomic E-state index is 0.673. The lowest BCUT2D eigenvalue weighted by atomic mass is 10.1. The van der Waals surface area contributed by atoms with E-state index in [9.17, 15) is 0 Å². The minimum atomic E-state index is 0.673. The SMILES string of the molecule is Cn1c(SCCCCl)nnc1-c1ccc(C2=NN=CC2)cc1. The lowest BCUT2D eigenvalue weighted by Crippen LogP contribution is -1.99. The second-order valence-electron chi connectivity index (χ2n) is 4.88. The van der Waals surface area contributed by atoms with Gasteiger partial charge < -0.3 is 4.57 Å². The monoisotopic (exact) mass is 333 g/mol. The molecule has 1 aromatic carbocycles. The number of rotatable bonds is 6. The normalized spacial score (nSPS) is 13.6. The van der Waals surface area contributed by atoms with Gasteiger partial charge in [0, 0.05) is 36.9 Å². The van der Waals surface area contributed by atoms with E-state index in [-0.39, 0.29) is 0 Å². The Labute approximate surface area is 138 Å². The Morgan fingerprint density at radius 3 is 2.64 bits per heavy atom. The van der Waals surface area contributed by atoms with Crippen molar-refractivity contribution in [1.82, 2.24) is 14.8 Å². The Hall–Kier alpha value is -1.66. The molecule has 0 saturated carbocycles. The third-order valence-electron chi connectivity index (χ3n) is 3.37. The average Bonchev–Trinajstić information content (AvgIpc) is 3.19. The van der Waals surface area contributed by atoms with Gasteiger partial charge in [-0.3, -0.25) is 0 Å². The summed E-state index contributed by atoms with van der Waals surface area (Å²) >= 11 is 7.38. The average molecular weight is 334 g/mol. The Bertz CT molecular complexity index is 705. The molecule has 1 aliphatic heterocycles. The number of hydrogen-bond acceptors (Lipinski definition) is 5. The van der Waals surface area contributed by atoms with E-state index in [2.05, 4.69) is 32.5 Å². The fourth-order valence-corrected chi connectivity index (χ4v) is 3.32. The van der Waals surface area contributed by atoms with E-state index in [1.807, 2.05) is 30.0 Å². The molecular weight excluding hydrogens is 318 g/mol. The van der Waals surface area contributed by atoms with Crippen molar-refractivity contribution < 1.29 is 0 Å². The Balaban J connectivity index is 1.76. The van der Waals surface area contributed by atoms with E-state index in [0.717, 1.165) is 46.4 Å². The largest absolute Gasteiger partial charge is 0.305 e. The molecule has 22 heavy (non-hydrogen) atoms. The van der Waals surface area contributed by atoms with Gasteiger partial charge >= 0.3 is 0 Å². The number of nitrogens with zero attached hydrogens (tertiary/aromatic N) is 5. The summed E-state index contributed by atoms with van der Waals surface area (Å²) < 4.78 is 2.02. The smallest absolute Gasteiger partial charge is 0.191 e. The Morgan fingerprint density at radius 1 is 1.18 bits per heavy atom. The second-order valence-corrected chi connectivity index (χ2v) is 6.32. The third kappa shape index (κ3) is 3.23. The van der Waals surface area contributed by atoms with Gasteiger partial charge in [0.25, 0.3) is 0 Å². The van der Waals surface area contributed by atoms with Gasteiger partial charge in [-0.05, 0) is 12.0 Å². The molecular formula is C15H16ClN5S. The van der Waals surface area contributed by atoms with Crippen LogP contribution in [0.2, 0.25) is 0 Å². The highest BCUT2D eigenvalue weighted by atomic mass is 35.5. The molecule has 1 aliphatic rings. The summed E-state index contributed by atoms with van der Waals surface area (Å²) in [5.41, 5.74) is 3.14. The zero-order valence-electron chi connectivity index (χ0n) is 12.2. The van der Waals surface area contributed by atoms with Gasteiger partial charge in [-0.15, -0.1) is 21.8 Å². The molecule has 114 valence electrons. The lowest BCUT2D eigenvalue weighted by molar-refractivity contribution is 0.793. The molecule has 0 amide bonds. The molecule has 3 rings (SSSR count). The Kier molecular flexibility index (Phi) is 4.90. The maximum atomic E-state index is 5.70. The third-order valence-corrected chi connectivity index (χ3v) is 4.74. The quantitative estimate of drug-likeness (QED) is 0.462. The van der Waals surface area contributed by atoms with E-state index in [0.29, 0.717) is 5.88 Å². The zero-order chi connectivity index (χ0) is 15.4. The van der Waals surface area contributed by atoms with Gasteiger partial charge in [0.2, 0.25) is 0 Å². The molecule has 0 N–H and O–H groups in total. The standard InChI is InChI=1S/C15H16ClN5S/c1-21-14(19-20-15(21)22-10-2-8-16)12-5-3-11(4-6-12)13-7-9-17-18-13/h3-6,9H,2,7-8,10H2,1H3. The maximum Gasteiger partial charge on any atom is 0.191 e. The summed E-state index contributed by atoms with van der Waals surface area (Å²) in [7, 11) is 1.99.